The van der Waals surface area contributed by atoms with Crippen LogP contribution in [0.4, 0.5) is 22.7 Å². The molecule has 0 atom stereocenters. The molecule has 5 nitrogen and oxygen atoms in total. The molecule has 0 fully saturated rings. The number of hydrogen-bond donors (Lipinski definition) is 0. The van der Waals surface area contributed by atoms with Crippen LogP contribution < -0.4 is 14.5 Å². The second-order valence-electron chi connectivity index (χ2n) is 19.9. The Morgan fingerprint density at radius 1 is 0.631 bits per heavy atom. The van der Waals surface area contributed by atoms with Gasteiger partial charge in [-0.25, -0.2) is 4.98 Å². The fraction of sp³-hybridized carbons (Fsp3) is 0.220. The van der Waals surface area contributed by atoms with Crippen molar-refractivity contribution < 1.29 is 25.8 Å². The van der Waals surface area contributed by atoms with E-state index < -0.39 is 0 Å². The molecule has 9 rings (SSSR count). The Bertz CT molecular complexity index is 3100. The zero-order chi connectivity index (χ0) is 45.1. The maximum atomic E-state index is 6.71. The number of pyridine rings is 1. The minimum Gasteiger partial charge on any atom is -0.509 e. The third kappa shape index (κ3) is 8.84. The third-order valence-electron chi connectivity index (χ3n) is 12.3. The van der Waals surface area contributed by atoms with Gasteiger partial charge in [-0.2, -0.15) is 12.1 Å². The Labute approximate surface area is 400 Å². The maximum absolute atomic E-state index is 6.71. The summed E-state index contributed by atoms with van der Waals surface area (Å²) < 4.78 is 8.91. The van der Waals surface area contributed by atoms with E-state index in [9.17, 15) is 0 Å². The summed E-state index contributed by atoms with van der Waals surface area (Å²) in [5.41, 5.74) is 14.3. The smallest absolute Gasteiger partial charge is 0.135 e. The second-order valence-corrected chi connectivity index (χ2v) is 19.9. The monoisotopic (exact) mass is 1030 g/mol. The van der Waals surface area contributed by atoms with Crippen molar-refractivity contribution in [2.45, 2.75) is 85.5 Å². The molecule has 0 bridgehead atoms. The molecule has 0 saturated heterocycles. The fourth-order valence-electron chi connectivity index (χ4n) is 8.57. The molecule has 65 heavy (non-hydrogen) atoms. The molecule has 332 valence electrons. The first-order chi connectivity index (χ1) is 30.5. The van der Waals surface area contributed by atoms with Crippen molar-refractivity contribution >= 4 is 50.1 Å². The molecule has 0 amide bonds. The van der Waals surface area contributed by atoms with E-state index >= 15 is 0 Å². The number of nitrogens with zero attached hydrogens (tertiary/aromatic N) is 4. The number of anilines is 4. The maximum Gasteiger partial charge on any atom is 0.135 e. The molecule has 1 aliphatic rings. The average molecular weight is 1030 g/mol. The van der Waals surface area contributed by atoms with Gasteiger partial charge in [-0.1, -0.05) is 141 Å². The molecule has 0 unspecified atom stereocenters. The predicted molar refractivity (Wildman–Crippen MR) is 270 cm³/mol. The van der Waals surface area contributed by atoms with Crippen LogP contribution in [-0.2, 0) is 37.3 Å². The summed E-state index contributed by atoms with van der Waals surface area (Å²) in [5, 5.41) is 2.17. The number of rotatable bonds is 8. The molecule has 0 spiro atoms. The van der Waals surface area contributed by atoms with Crippen molar-refractivity contribution in [3.8, 4) is 28.4 Å². The van der Waals surface area contributed by atoms with Gasteiger partial charge in [0, 0.05) is 61.3 Å². The van der Waals surface area contributed by atoms with Crippen molar-refractivity contribution in [1.82, 2.24) is 9.55 Å². The van der Waals surface area contributed by atoms with E-state index in [0.29, 0.717) is 11.5 Å². The Morgan fingerprint density at radius 3 is 2.06 bits per heavy atom. The summed E-state index contributed by atoms with van der Waals surface area (Å²) in [4.78, 5) is 9.46. The predicted octanol–water partition coefficient (Wildman–Crippen LogP) is 16.1. The normalized spacial score (nSPS) is 13.3. The molecule has 0 radical (unpaired) electrons. The van der Waals surface area contributed by atoms with Gasteiger partial charge in [0.25, 0.3) is 0 Å². The first-order valence-electron chi connectivity index (χ1n) is 22.3. The van der Waals surface area contributed by atoms with E-state index in [1.54, 1.807) is 0 Å². The molecular formula is C59H57N4OPt-3. The standard InChI is InChI=1S/C59H57N4O.Pt/c1-12-39(13-2)41-22-26-52-51(32-41)50-25-24-49(37-54(50)63(52)56-35-44(28-29-60-56)58(6,7)8)64-48-21-17-20-46(36-48)61-38-62(55-34-43(57(3,4)5)23-27-53(55)61)47-31-42(40-18-15-14-16-19-40)30-45(33-47)59(9,10)11;/h12-35,38H,1H2,2-11H3;/q-3;/b39-13+;. The van der Waals surface area contributed by atoms with Gasteiger partial charge in [-0.05, 0) is 110 Å². The first-order valence-corrected chi connectivity index (χ1v) is 22.3. The summed E-state index contributed by atoms with van der Waals surface area (Å²) >= 11 is 0. The molecule has 2 aromatic heterocycles. The topological polar surface area (TPSA) is 33.5 Å². The first kappa shape index (κ1) is 45.4. The van der Waals surface area contributed by atoms with Gasteiger partial charge in [0.2, 0.25) is 0 Å². The molecule has 0 aliphatic carbocycles. The van der Waals surface area contributed by atoms with Crippen LogP contribution in [0.5, 0.6) is 11.5 Å². The van der Waals surface area contributed by atoms with Gasteiger partial charge in [-0.3, -0.25) is 0 Å². The number of ether oxygens (including phenoxy) is 1. The second kappa shape index (κ2) is 17.3. The van der Waals surface area contributed by atoms with Crippen molar-refractivity contribution in [2.24, 2.45) is 0 Å². The third-order valence-corrected chi connectivity index (χ3v) is 12.3. The number of fused-ring (bicyclic) bond motifs is 4. The van der Waals surface area contributed by atoms with Crippen molar-refractivity contribution in [3.05, 3.63) is 193 Å². The Kier molecular flexibility index (Phi) is 12.1. The van der Waals surface area contributed by atoms with Crippen LogP contribution in [0.2, 0.25) is 0 Å². The Balaban J connectivity index is 0.00000576. The number of benzene rings is 6. The van der Waals surface area contributed by atoms with Crippen LogP contribution in [0.1, 0.15) is 91.5 Å². The summed E-state index contributed by atoms with van der Waals surface area (Å²) in [6.45, 7) is 28.6. The van der Waals surface area contributed by atoms with E-state index in [0.717, 1.165) is 61.5 Å². The van der Waals surface area contributed by atoms with Crippen LogP contribution in [0.3, 0.4) is 0 Å². The molecule has 6 aromatic carbocycles. The van der Waals surface area contributed by atoms with E-state index in [4.69, 9.17) is 9.72 Å². The Morgan fingerprint density at radius 2 is 1.35 bits per heavy atom. The van der Waals surface area contributed by atoms with Crippen molar-refractivity contribution in [3.63, 3.8) is 0 Å². The van der Waals surface area contributed by atoms with Gasteiger partial charge in [0.15, 0.2) is 0 Å². The largest absolute Gasteiger partial charge is 0.509 e. The Hall–Kier alpha value is -6.16. The van der Waals surface area contributed by atoms with Crippen LogP contribution in [0, 0.1) is 18.8 Å². The van der Waals surface area contributed by atoms with Gasteiger partial charge in [-0.15, -0.1) is 48.1 Å². The van der Waals surface area contributed by atoms with Gasteiger partial charge in [0.1, 0.15) is 5.82 Å². The quantitative estimate of drug-likeness (QED) is 0.112. The molecular weight excluding hydrogens is 976 g/mol. The minimum absolute atomic E-state index is 0. The molecule has 6 heteroatoms. The van der Waals surface area contributed by atoms with E-state index in [1.807, 2.05) is 37.4 Å². The molecule has 0 N–H and O–H groups in total. The van der Waals surface area contributed by atoms with E-state index in [1.165, 1.54) is 27.8 Å². The van der Waals surface area contributed by atoms with E-state index in [2.05, 4.69) is 217 Å². The molecule has 0 saturated carbocycles. The average Bonchev–Trinajstić information content (AvgIpc) is 3.82. The number of aromatic nitrogens is 2. The van der Waals surface area contributed by atoms with Crippen molar-refractivity contribution in [1.29, 1.82) is 0 Å². The summed E-state index contributed by atoms with van der Waals surface area (Å²) in [7, 11) is 0. The zero-order valence-corrected chi connectivity index (χ0v) is 41.4. The molecule has 8 aromatic rings. The van der Waals surface area contributed by atoms with Crippen LogP contribution >= 0.6 is 0 Å². The SMILES string of the molecule is C=C/C(=C\C)c1ccc2c(c1)c1ccc(Oc3[c-]c(N4[CH-]N(c5cc(-c6ccccc6)cc(C(C)(C)C)c5)c5cc(C(C)(C)C)ccc54)ccc3)[c-]c1n2-c1cc(C(C)(C)C)ccn1.[Pt]. The van der Waals surface area contributed by atoms with Crippen molar-refractivity contribution in [2.75, 3.05) is 9.80 Å². The van der Waals surface area contributed by atoms with Gasteiger partial charge >= 0.3 is 0 Å². The number of hydrogen-bond acceptors (Lipinski definition) is 4. The summed E-state index contributed by atoms with van der Waals surface area (Å²) in [5.74, 6) is 2.02. The van der Waals surface area contributed by atoms with Gasteiger partial charge in [0.05, 0.1) is 0 Å². The number of allylic oxidation sites excluding steroid dienone is 3. The minimum atomic E-state index is -0.0553. The van der Waals surface area contributed by atoms with Crippen LogP contribution in [-0.4, -0.2) is 9.55 Å². The van der Waals surface area contributed by atoms with Crippen LogP contribution in [0.15, 0.2) is 152 Å². The fourth-order valence-corrected chi connectivity index (χ4v) is 8.57. The summed E-state index contributed by atoms with van der Waals surface area (Å²) in [6.07, 6.45) is 5.90. The molecule has 3 heterocycles. The van der Waals surface area contributed by atoms with E-state index in [-0.39, 0.29) is 37.3 Å². The molecule has 1 aliphatic heterocycles. The zero-order valence-electron chi connectivity index (χ0n) is 39.2. The summed E-state index contributed by atoms with van der Waals surface area (Å²) in [6, 6.07) is 52.9. The van der Waals surface area contributed by atoms with Crippen LogP contribution in [0.25, 0.3) is 44.3 Å². The van der Waals surface area contributed by atoms with Gasteiger partial charge < -0.3 is 19.1 Å².